The number of nitrogens with two attached hydrogens (primary N) is 1. The Morgan fingerprint density at radius 1 is 1.26 bits per heavy atom. The van der Waals surface area contributed by atoms with E-state index in [-0.39, 0.29) is 16.9 Å². The molecule has 0 unspecified atom stereocenters. The summed E-state index contributed by atoms with van der Waals surface area (Å²) in [5, 5.41) is 4.35. The number of hydrogen-bond donors (Lipinski definition) is 4. The number of nitrogens with zero attached hydrogens (tertiary/aromatic N) is 1. The first-order valence-corrected chi connectivity index (χ1v) is 11.7. The molecular formula is C19H21N5O5S2. The molecule has 5 N–H and O–H groups in total. The fraction of sp³-hybridized carbons (Fsp3) is 0.211. The number of nitrogens with one attached hydrogen (secondary N) is 3. The Kier molecular flexibility index (Phi) is 6.61. The van der Waals surface area contributed by atoms with Crippen molar-refractivity contribution in [2.24, 2.45) is 5.73 Å². The van der Waals surface area contributed by atoms with Gasteiger partial charge in [0.15, 0.2) is 5.13 Å². The van der Waals surface area contributed by atoms with E-state index in [9.17, 15) is 18.0 Å². The Balaban J connectivity index is 1.58. The van der Waals surface area contributed by atoms with Crippen molar-refractivity contribution in [2.75, 3.05) is 15.8 Å². The summed E-state index contributed by atoms with van der Waals surface area (Å²) in [4.78, 5) is 30.3. The molecule has 0 aliphatic rings. The lowest BCUT2D eigenvalue weighted by Gasteiger charge is -2.11. The molecule has 12 heteroatoms. The number of carbonyl (C=O) groups excluding carboxylic acids is 2. The maximum absolute atomic E-state index is 12.3. The predicted molar refractivity (Wildman–Crippen MR) is 119 cm³/mol. The molecule has 10 nitrogen and oxygen atoms in total. The minimum absolute atomic E-state index is 0.0000585. The second-order valence-electron chi connectivity index (χ2n) is 6.80. The van der Waals surface area contributed by atoms with Crippen LogP contribution in [0.5, 0.6) is 5.75 Å². The predicted octanol–water partition coefficient (Wildman–Crippen LogP) is 2.40. The first kappa shape index (κ1) is 22.3. The molecule has 0 spiro atoms. The van der Waals surface area contributed by atoms with Crippen molar-refractivity contribution in [3.05, 3.63) is 47.6 Å². The van der Waals surface area contributed by atoms with Crippen molar-refractivity contribution in [2.45, 2.75) is 20.0 Å². The minimum atomic E-state index is -3.92. The van der Waals surface area contributed by atoms with Gasteiger partial charge in [-0.25, -0.2) is 13.4 Å². The summed E-state index contributed by atoms with van der Waals surface area (Å²) < 4.78 is 32.4. The van der Waals surface area contributed by atoms with Gasteiger partial charge < -0.3 is 20.8 Å². The van der Waals surface area contributed by atoms with Crippen molar-refractivity contribution in [1.82, 2.24) is 9.97 Å². The third-order valence-electron chi connectivity index (χ3n) is 3.82. The van der Waals surface area contributed by atoms with Gasteiger partial charge in [-0.2, -0.15) is 0 Å². The topological polar surface area (TPSA) is 156 Å². The summed E-state index contributed by atoms with van der Waals surface area (Å²) in [6.45, 7) is 3.77. The maximum Gasteiger partial charge on any atom is 0.265 e. The van der Waals surface area contributed by atoms with Crippen LogP contribution in [-0.4, -0.2) is 42.1 Å². The van der Waals surface area contributed by atoms with Crippen molar-refractivity contribution >= 4 is 44.0 Å². The Morgan fingerprint density at radius 3 is 2.58 bits per heavy atom. The number of aromatic amines is 1. The van der Waals surface area contributed by atoms with Crippen LogP contribution in [0.3, 0.4) is 0 Å². The van der Waals surface area contributed by atoms with E-state index in [1.165, 1.54) is 6.07 Å². The van der Waals surface area contributed by atoms with Gasteiger partial charge in [0, 0.05) is 22.8 Å². The molecule has 0 aliphatic carbocycles. The highest BCUT2D eigenvalue weighted by atomic mass is 32.2. The smallest absolute Gasteiger partial charge is 0.265 e. The second-order valence-corrected chi connectivity index (χ2v) is 9.38. The van der Waals surface area contributed by atoms with E-state index in [0.29, 0.717) is 22.7 Å². The van der Waals surface area contributed by atoms with Gasteiger partial charge in [-0.05, 0) is 44.2 Å². The molecule has 0 fully saturated rings. The monoisotopic (exact) mass is 463 g/mol. The summed E-state index contributed by atoms with van der Waals surface area (Å²) in [6, 6.07) is 7.92. The first-order valence-electron chi connectivity index (χ1n) is 9.12. The largest absolute Gasteiger partial charge is 0.491 e. The number of sulfonamides is 1. The Hall–Kier alpha value is -3.38. The van der Waals surface area contributed by atoms with E-state index < -0.39 is 27.6 Å². The van der Waals surface area contributed by atoms with Crippen molar-refractivity contribution in [3.8, 4) is 17.0 Å². The normalized spacial score (nSPS) is 11.3. The quantitative estimate of drug-likeness (QED) is 0.382. The SMILES string of the molecule is CC(C)Oc1ccc(NS(=O)(=O)CC(=O)Nc2nc(-c3c[nH]c(C(N)=O)c3)cs2)cc1. The van der Waals surface area contributed by atoms with Crippen molar-refractivity contribution in [1.29, 1.82) is 0 Å². The van der Waals surface area contributed by atoms with Crippen LogP contribution in [0.1, 0.15) is 24.3 Å². The molecule has 31 heavy (non-hydrogen) atoms. The molecular weight excluding hydrogens is 442 g/mol. The van der Waals surface area contributed by atoms with Crippen LogP contribution >= 0.6 is 11.3 Å². The highest BCUT2D eigenvalue weighted by molar-refractivity contribution is 7.93. The number of H-pyrrole nitrogens is 1. The molecule has 0 bridgehead atoms. The Bertz CT molecular complexity index is 1180. The van der Waals surface area contributed by atoms with Crippen LogP contribution < -0.4 is 20.5 Å². The van der Waals surface area contributed by atoms with Crippen LogP contribution in [-0.2, 0) is 14.8 Å². The number of hydrogen-bond acceptors (Lipinski definition) is 7. The van der Waals surface area contributed by atoms with E-state index in [4.69, 9.17) is 10.5 Å². The van der Waals surface area contributed by atoms with Gasteiger partial charge in [-0.1, -0.05) is 0 Å². The minimum Gasteiger partial charge on any atom is -0.491 e. The molecule has 0 aliphatic heterocycles. The third-order valence-corrected chi connectivity index (χ3v) is 5.76. The first-order chi connectivity index (χ1) is 14.6. The van der Waals surface area contributed by atoms with E-state index in [1.54, 1.807) is 35.8 Å². The molecule has 0 atom stereocenters. The van der Waals surface area contributed by atoms with Crippen LogP contribution in [0.15, 0.2) is 41.9 Å². The standard InChI is InChI=1S/C19H21N5O5S2/c1-11(2)29-14-5-3-13(4-6-14)24-31(27,28)10-17(25)23-19-22-16(9-30-19)12-7-15(18(20)26)21-8-12/h3-9,11,21,24H,10H2,1-2H3,(H2,20,26)(H,22,23,25). The zero-order chi connectivity index (χ0) is 22.6. The van der Waals surface area contributed by atoms with E-state index in [2.05, 4.69) is 20.0 Å². The molecule has 3 rings (SSSR count). The van der Waals surface area contributed by atoms with Crippen LogP contribution in [0.2, 0.25) is 0 Å². The van der Waals surface area contributed by atoms with Gasteiger partial charge in [0.25, 0.3) is 5.91 Å². The molecule has 2 aromatic heterocycles. The Morgan fingerprint density at radius 2 is 1.97 bits per heavy atom. The summed E-state index contributed by atoms with van der Waals surface area (Å²) in [5.74, 6) is -1.50. The number of ether oxygens (including phenoxy) is 1. The summed E-state index contributed by atoms with van der Waals surface area (Å²) in [5.41, 5.74) is 6.87. The van der Waals surface area contributed by atoms with E-state index in [1.807, 2.05) is 13.8 Å². The highest BCUT2D eigenvalue weighted by Gasteiger charge is 2.18. The number of rotatable bonds is 9. The van der Waals surface area contributed by atoms with Crippen molar-refractivity contribution < 1.29 is 22.7 Å². The third kappa shape index (κ3) is 6.30. The molecule has 3 aromatic rings. The lowest BCUT2D eigenvalue weighted by atomic mass is 10.2. The molecule has 1 aromatic carbocycles. The zero-order valence-corrected chi connectivity index (χ0v) is 18.3. The fourth-order valence-corrected chi connectivity index (χ4v) is 4.29. The number of primary amides is 1. The number of anilines is 2. The number of carbonyl (C=O) groups is 2. The maximum atomic E-state index is 12.3. The Labute approximate surface area is 182 Å². The van der Waals surface area contributed by atoms with Crippen molar-refractivity contribution in [3.63, 3.8) is 0 Å². The summed E-state index contributed by atoms with van der Waals surface area (Å²) in [7, 11) is -3.92. The second kappa shape index (κ2) is 9.18. The van der Waals surface area contributed by atoms with Crippen LogP contribution in [0, 0.1) is 0 Å². The number of amides is 2. The van der Waals surface area contributed by atoms with Crippen LogP contribution in [0.4, 0.5) is 10.8 Å². The van der Waals surface area contributed by atoms with Gasteiger partial charge in [-0.3, -0.25) is 14.3 Å². The van der Waals surface area contributed by atoms with Gasteiger partial charge in [0.1, 0.15) is 17.2 Å². The average Bonchev–Trinajstić information content (AvgIpc) is 3.31. The average molecular weight is 464 g/mol. The van der Waals surface area contributed by atoms with Gasteiger partial charge in [-0.15, -0.1) is 11.3 Å². The van der Waals surface area contributed by atoms with Gasteiger partial charge in [0.05, 0.1) is 11.8 Å². The molecule has 2 amide bonds. The lowest BCUT2D eigenvalue weighted by Crippen LogP contribution is -2.27. The highest BCUT2D eigenvalue weighted by Crippen LogP contribution is 2.25. The fourth-order valence-electron chi connectivity index (χ4n) is 2.57. The summed E-state index contributed by atoms with van der Waals surface area (Å²) >= 11 is 1.12. The van der Waals surface area contributed by atoms with E-state index in [0.717, 1.165) is 11.3 Å². The number of aromatic nitrogens is 2. The van der Waals surface area contributed by atoms with Gasteiger partial charge in [0.2, 0.25) is 15.9 Å². The summed E-state index contributed by atoms with van der Waals surface area (Å²) in [6.07, 6.45) is 1.56. The number of thiazole rings is 1. The van der Waals surface area contributed by atoms with E-state index >= 15 is 0 Å². The molecule has 2 heterocycles. The molecule has 0 saturated carbocycles. The zero-order valence-electron chi connectivity index (χ0n) is 16.7. The molecule has 164 valence electrons. The van der Waals surface area contributed by atoms with Gasteiger partial charge >= 0.3 is 0 Å². The molecule has 0 radical (unpaired) electrons. The number of benzene rings is 1. The molecule has 0 saturated heterocycles. The lowest BCUT2D eigenvalue weighted by molar-refractivity contribution is -0.113. The van der Waals surface area contributed by atoms with Crippen LogP contribution in [0.25, 0.3) is 11.3 Å².